The van der Waals surface area contributed by atoms with E-state index < -0.39 is 0 Å². The lowest BCUT2D eigenvalue weighted by atomic mass is 9.65. The van der Waals surface area contributed by atoms with Crippen molar-refractivity contribution in [3.8, 4) is 0 Å². The topological polar surface area (TPSA) is 56.7 Å². The third kappa shape index (κ3) is 5.34. The van der Waals surface area contributed by atoms with Crippen LogP contribution in [0.3, 0.4) is 0 Å². The molecule has 0 radical (unpaired) electrons. The van der Waals surface area contributed by atoms with Gasteiger partial charge in [0.1, 0.15) is 0 Å². The summed E-state index contributed by atoms with van der Waals surface area (Å²) in [4.78, 5) is 19.0. The van der Waals surface area contributed by atoms with Gasteiger partial charge in [-0.15, -0.1) is 24.0 Å². The molecule has 26 heavy (non-hydrogen) atoms. The molecular formula is C20H33IN4O. The van der Waals surface area contributed by atoms with E-state index in [4.69, 9.17) is 0 Å². The predicted molar refractivity (Wildman–Crippen MR) is 119 cm³/mol. The fourth-order valence-electron chi connectivity index (χ4n) is 2.94. The molecule has 1 fully saturated rings. The van der Waals surface area contributed by atoms with Gasteiger partial charge in [0.05, 0.1) is 6.54 Å². The van der Waals surface area contributed by atoms with Crippen LogP contribution in [-0.2, 0) is 11.3 Å². The third-order valence-electron chi connectivity index (χ3n) is 5.41. The number of halogens is 1. The molecule has 1 saturated heterocycles. The van der Waals surface area contributed by atoms with Gasteiger partial charge in [-0.3, -0.25) is 9.79 Å². The lowest BCUT2D eigenvalue weighted by Gasteiger charge is -2.62. The number of carbonyl (C=O) groups is 1. The molecule has 5 nitrogen and oxygen atoms in total. The zero-order valence-electron chi connectivity index (χ0n) is 16.6. The number of guanidine groups is 1. The Morgan fingerprint density at radius 1 is 1.15 bits per heavy atom. The van der Waals surface area contributed by atoms with Crippen molar-refractivity contribution in [2.75, 3.05) is 19.6 Å². The molecule has 2 N–H and O–H groups in total. The van der Waals surface area contributed by atoms with Crippen LogP contribution in [0.2, 0.25) is 0 Å². The van der Waals surface area contributed by atoms with Gasteiger partial charge in [0, 0.05) is 37.0 Å². The summed E-state index contributed by atoms with van der Waals surface area (Å²) in [5, 5.41) is 6.30. The highest BCUT2D eigenvalue weighted by molar-refractivity contribution is 14.0. The molecule has 0 saturated carbocycles. The molecule has 1 aliphatic rings. The molecular weight excluding hydrogens is 439 g/mol. The average molecular weight is 472 g/mol. The largest absolute Gasteiger partial charge is 0.356 e. The van der Waals surface area contributed by atoms with Crippen LogP contribution in [0.5, 0.6) is 0 Å². The highest BCUT2D eigenvalue weighted by Crippen LogP contribution is 2.46. The summed E-state index contributed by atoms with van der Waals surface area (Å²) in [6, 6.07) is 9.95. The zero-order chi connectivity index (χ0) is 18.5. The summed E-state index contributed by atoms with van der Waals surface area (Å²) in [5.74, 6) is 0.939. The van der Waals surface area contributed by atoms with Crippen molar-refractivity contribution in [1.82, 2.24) is 15.5 Å². The number of nitrogens with one attached hydrogen (secondary N) is 2. The monoisotopic (exact) mass is 472 g/mol. The second-order valence-electron chi connectivity index (χ2n) is 7.78. The number of nitrogens with zero attached hydrogens (tertiary/aromatic N) is 2. The first-order valence-corrected chi connectivity index (χ1v) is 9.14. The van der Waals surface area contributed by atoms with Crippen LogP contribution in [0.25, 0.3) is 0 Å². The van der Waals surface area contributed by atoms with Crippen molar-refractivity contribution in [2.45, 2.75) is 53.1 Å². The van der Waals surface area contributed by atoms with Gasteiger partial charge in [-0.2, -0.15) is 0 Å². The van der Waals surface area contributed by atoms with Crippen molar-refractivity contribution < 1.29 is 4.79 Å². The molecule has 1 aromatic carbocycles. The van der Waals surface area contributed by atoms with E-state index in [0.29, 0.717) is 19.5 Å². The Bertz CT molecular complexity index is 613. The quantitative estimate of drug-likeness (QED) is 0.379. The van der Waals surface area contributed by atoms with E-state index in [1.54, 1.807) is 0 Å². The first kappa shape index (κ1) is 22.7. The standard InChI is InChI=1S/C20H32N4O.HI/c1-6-21-18(24-15-19(2,3)20(24,4)5)22-13-12-17(25)23-14-16-10-8-7-9-11-16;/h7-11H,6,12-15H2,1-5H3,(H,21,22)(H,23,25);1H. The lowest BCUT2D eigenvalue weighted by molar-refractivity contribution is -0.121. The molecule has 0 aliphatic carbocycles. The minimum Gasteiger partial charge on any atom is -0.356 e. The van der Waals surface area contributed by atoms with Crippen molar-refractivity contribution in [3.05, 3.63) is 35.9 Å². The van der Waals surface area contributed by atoms with E-state index in [9.17, 15) is 4.79 Å². The predicted octanol–water partition coefficient (Wildman–Crippen LogP) is 3.40. The molecule has 0 spiro atoms. The van der Waals surface area contributed by atoms with Gasteiger partial charge in [0.25, 0.3) is 0 Å². The maximum atomic E-state index is 12.0. The van der Waals surface area contributed by atoms with E-state index in [0.717, 1.165) is 24.6 Å². The fourth-order valence-corrected chi connectivity index (χ4v) is 2.94. The number of hydrogen-bond acceptors (Lipinski definition) is 2. The maximum absolute atomic E-state index is 12.0. The van der Waals surface area contributed by atoms with E-state index in [2.05, 4.69) is 55.1 Å². The van der Waals surface area contributed by atoms with Gasteiger partial charge in [0.15, 0.2) is 5.96 Å². The highest BCUT2D eigenvalue weighted by Gasteiger charge is 2.53. The summed E-state index contributed by atoms with van der Waals surface area (Å²) >= 11 is 0. The van der Waals surface area contributed by atoms with Gasteiger partial charge in [0.2, 0.25) is 5.91 Å². The van der Waals surface area contributed by atoms with Gasteiger partial charge in [-0.05, 0) is 26.3 Å². The third-order valence-corrected chi connectivity index (χ3v) is 5.41. The molecule has 0 unspecified atom stereocenters. The molecule has 1 heterocycles. The maximum Gasteiger partial charge on any atom is 0.222 e. The number of likely N-dealkylation sites (tertiary alicyclic amines) is 1. The SMILES string of the molecule is CCNC(=NCCC(=O)NCc1ccccc1)N1CC(C)(C)C1(C)C.I. The molecule has 1 aromatic rings. The lowest BCUT2D eigenvalue weighted by Crippen LogP contribution is -2.72. The second kappa shape index (κ2) is 9.58. The van der Waals surface area contributed by atoms with Crippen molar-refractivity contribution >= 4 is 35.8 Å². The van der Waals surface area contributed by atoms with Crippen LogP contribution in [-0.4, -0.2) is 41.9 Å². The first-order valence-electron chi connectivity index (χ1n) is 9.14. The molecule has 1 amide bonds. The van der Waals surface area contributed by atoms with Crippen LogP contribution < -0.4 is 10.6 Å². The summed E-state index contributed by atoms with van der Waals surface area (Å²) in [6.45, 7) is 14.0. The summed E-state index contributed by atoms with van der Waals surface area (Å²) < 4.78 is 0. The van der Waals surface area contributed by atoms with Gasteiger partial charge in [-0.25, -0.2) is 0 Å². The van der Waals surface area contributed by atoms with Gasteiger partial charge < -0.3 is 15.5 Å². The summed E-state index contributed by atoms with van der Waals surface area (Å²) in [6.07, 6.45) is 0.402. The molecule has 2 rings (SSSR count). The van der Waals surface area contributed by atoms with Crippen molar-refractivity contribution in [3.63, 3.8) is 0 Å². The van der Waals surface area contributed by atoms with Crippen LogP contribution in [0.15, 0.2) is 35.3 Å². The number of rotatable bonds is 6. The molecule has 0 atom stereocenters. The van der Waals surface area contributed by atoms with E-state index in [1.807, 2.05) is 30.3 Å². The smallest absolute Gasteiger partial charge is 0.222 e. The summed E-state index contributed by atoms with van der Waals surface area (Å²) in [7, 11) is 0. The Balaban J connectivity index is 0.00000338. The Kier molecular flexibility index (Phi) is 8.37. The Hall–Kier alpha value is -1.31. The number of amides is 1. The minimum atomic E-state index is 0. The fraction of sp³-hybridized carbons (Fsp3) is 0.600. The van der Waals surface area contributed by atoms with Crippen LogP contribution in [0.1, 0.15) is 46.6 Å². The van der Waals surface area contributed by atoms with E-state index in [1.165, 1.54) is 0 Å². The van der Waals surface area contributed by atoms with E-state index in [-0.39, 0.29) is 40.8 Å². The normalized spacial score (nSPS) is 17.7. The van der Waals surface area contributed by atoms with Crippen LogP contribution in [0.4, 0.5) is 0 Å². The molecule has 146 valence electrons. The van der Waals surface area contributed by atoms with Crippen LogP contribution in [0, 0.1) is 5.41 Å². The van der Waals surface area contributed by atoms with E-state index >= 15 is 0 Å². The minimum absolute atomic E-state index is 0. The highest BCUT2D eigenvalue weighted by atomic mass is 127. The van der Waals surface area contributed by atoms with Crippen LogP contribution >= 0.6 is 24.0 Å². The summed E-state index contributed by atoms with van der Waals surface area (Å²) in [5.41, 5.74) is 1.43. The number of carbonyl (C=O) groups excluding carboxylic acids is 1. The van der Waals surface area contributed by atoms with Crippen molar-refractivity contribution in [2.24, 2.45) is 10.4 Å². The number of hydrogen-bond donors (Lipinski definition) is 2. The van der Waals surface area contributed by atoms with Gasteiger partial charge >= 0.3 is 0 Å². The number of aliphatic imine (C=N–C) groups is 1. The molecule has 1 aliphatic heterocycles. The Morgan fingerprint density at radius 3 is 2.35 bits per heavy atom. The zero-order valence-corrected chi connectivity index (χ0v) is 19.0. The second-order valence-corrected chi connectivity index (χ2v) is 7.78. The first-order chi connectivity index (χ1) is 11.8. The average Bonchev–Trinajstić information content (AvgIpc) is 2.58. The Labute approximate surface area is 175 Å². The van der Waals surface area contributed by atoms with Crippen molar-refractivity contribution in [1.29, 1.82) is 0 Å². The number of benzene rings is 1. The van der Waals surface area contributed by atoms with Gasteiger partial charge in [-0.1, -0.05) is 44.2 Å². The Morgan fingerprint density at radius 2 is 1.81 bits per heavy atom. The molecule has 0 aromatic heterocycles. The molecule has 0 bridgehead atoms. The molecule has 6 heteroatoms.